The highest BCUT2D eigenvalue weighted by atomic mass is 16.5. The highest BCUT2D eigenvalue weighted by Gasteiger charge is 2.21. The molecule has 0 fully saturated rings. The number of likely N-dealkylation sites (N-methyl/N-ethyl adjacent to an activating group) is 1. The van der Waals surface area contributed by atoms with Gasteiger partial charge in [-0.2, -0.15) is 9.61 Å². The van der Waals surface area contributed by atoms with Crippen molar-refractivity contribution in [1.29, 1.82) is 0 Å². The molecule has 7 nitrogen and oxygen atoms in total. The fraction of sp³-hybridized carbons (Fsp3) is 0.381. The van der Waals surface area contributed by atoms with Crippen LogP contribution in [0.25, 0.3) is 16.8 Å². The van der Waals surface area contributed by atoms with Gasteiger partial charge in [-0.25, -0.2) is 4.98 Å². The second-order valence-corrected chi connectivity index (χ2v) is 6.72. The SMILES string of the molecule is CCN(CC(=O)OC)c1cc(C)nc2c(-c3ccc(OC)cc3C)c(C)nn12. The van der Waals surface area contributed by atoms with Gasteiger partial charge >= 0.3 is 5.97 Å². The summed E-state index contributed by atoms with van der Waals surface area (Å²) in [5.74, 6) is 1.34. The van der Waals surface area contributed by atoms with Gasteiger partial charge < -0.3 is 14.4 Å². The molecule has 3 aromatic rings. The van der Waals surface area contributed by atoms with Gasteiger partial charge in [0.2, 0.25) is 0 Å². The van der Waals surface area contributed by atoms with Crippen molar-refractivity contribution in [3.63, 3.8) is 0 Å². The van der Waals surface area contributed by atoms with E-state index in [4.69, 9.17) is 19.6 Å². The molecule has 2 aromatic heterocycles. The molecule has 0 aliphatic rings. The van der Waals surface area contributed by atoms with E-state index < -0.39 is 0 Å². The number of benzene rings is 1. The molecular weight excluding hydrogens is 356 g/mol. The van der Waals surface area contributed by atoms with E-state index in [9.17, 15) is 4.79 Å². The molecule has 7 heteroatoms. The zero-order valence-electron chi connectivity index (χ0n) is 17.2. The van der Waals surface area contributed by atoms with Gasteiger partial charge in [0, 0.05) is 23.9 Å². The van der Waals surface area contributed by atoms with Crippen LogP contribution >= 0.6 is 0 Å². The van der Waals surface area contributed by atoms with Crippen LogP contribution in [-0.2, 0) is 9.53 Å². The minimum atomic E-state index is -0.292. The Morgan fingerprint density at radius 2 is 1.93 bits per heavy atom. The van der Waals surface area contributed by atoms with Crippen LogP contribution in [-0.4, -0.2) is 47.9 Å². The Labute approximate surface area is 164 Å². The molecule has 0 saturated carbocycles. The van der Waals surface area contributed by atoms with E-state index in [-0.39, 0.29) is 12.5 Å². The highest BCUT2D eigenvalue weighted by Crippen LogP contribution is 2.33. The van der Waals surface area contributed by atoms with Gasteiger partial charge in [-0.1, -0.05) is 6.07 Å². The van der Waals surface area contributed by atoms with Gasteiger partial charge in [0.1, 0.15) is 18.1 Å². The largest absolute Gasteiger partial charge is 0.497 e. The van der Waals surface area contributed by atoms with Crippen molar-refractivity contribution in [1.82, 2.24) is 14.6 Å². The number of nitrogens with zero attached hydrogens (tertiary/aromatic N) is 4. The molecule has 0 saturated heterocycles. The van der Waals surface area contributed by atoms with Gasteiger partial charge in [0.15, 0.2) is 5.65 Å². The number of aromatic nitrogens is 3. The van der Waals surface area contributed by atoms with Crippen molar-refractivity contribution in [3.8, 4) is 16.9 Å². The first-order valence-corrected chi connectivity index (χ1v) is 9.23. The van der Waals surface area contributed by atoms with Crippen molar-refractivity contribution in [2.24, 2.45) is 0 Å². The van der Waals surface area contributed by atoms with Crippen molar-refractivity contribution in [2.45, 2.75) is 27.7 Å². The van der Waals surface area contributed by atoms with Gasteiger partial charge in [-0.3, -0.25) is 4.79 Å². The second-order valence-electron chi connectivity index (χ2n) is 6.72. The maximum absolute atomic E-state index is 11.9. The Morgan fingerprint density at radius 3 is 2.54 bits per heavy atom. The number of ether oxygens (including phenoxy) is 2. The summed E-state index contributed by atoms with van der Waals surface area (Å²) in [5.41, 5.74) is 5.64. The van der Waals surface area contributed by atoms with Crippen LogP contribution < -0.4 is 9.64 Å². The highest BCUT2D eigenvalue weighted by molar-refractivity contribution is 5.83. The third kappa shape index (κ3) is 3.52. The molecule has 28 heavy (non-hydrogen) atoms. The van der Waals surface area contributed by atoms with Crippen LogP contribution in [0, 0.1) is 20.8 Å². The van der Waals surface area contributed by atoms with E-state index in [1.165, 1.54) is 7.11 Å². The topological polar surface area (TPSA) is 69.0 Å². The number of anilines is 1. The molecule has 0 amide bonds. The van der Waals surface area contributed by atoms with Crippen LogP contribution in [0.2, 0.25) is 0 Å². The van der Waals surface area contributed by atoms with Crippen LogP contribution in [0.15, 0.2) is 24.3 Å². The Balaban J connectivity index is 2.21. The molecule has 0 unspecified atom stereocenters. The van der Waals surface area contributed by atoms with E-state index >= 15 is 0 Å². The molecule has 1 aromatic carbocycles. The first kappa shape index (κ1) is 19.7. The first-order valence-electron chi connectivity index (χ1n) is 9.23. The number of rotatable bonds is 6. The fourth-order valence-electron chi connectivity index (χ4n) is 3.38. The molecule has 148 valence electrons. The Bertz CT molecular complexity index is 1030. The summed E-state index contributed by atoms with van der Waals surface area (Å²) in [6.45, 7) is 8.76. The number of aryl methyl sites for hydroxylation is 3. The van der Waals surface area contributed by atoms with E-state index in [0.29, 0.717) is 6.54 Å². The molecule has 2 heterocycles. The summed E-state index contributed by atoms with van der Waals surface area (Å²) in [4.78, 5) is 18.5. The van der Waals surface area contributed by atoms with Crippen LogP contribution in [0.5, 0.6) is 5.75 Å². The minimum absolute atomic E-state index is 0.154. The molecule has 0 radical (unpaired) electrons. The Morgan fingerprint density at radius 1 is 1.18 bits per heavy atom. The van der Waals surface area contributed by atoms with Crippen LogP contribution in [0.4, 0.5) is 5.82 Å². The molecular formula is C21H26N4O3. The average Bonchev–Trinajstić information content (AvgIpc) is 3.00. The van der Waals surface area contributed by atoms with E-state index in [1.807, 2.05) is 61.4 Å². The third-order valence-electron chi connectivity index (χ3n) is 4.83. The predicted octanol–water partition coefficient (Wildman–Crippen LogP) is 3.33. The zero-order valence-corrected chi connectivity index (χ0v) is 17.2. The van der Waals surface area contributed by atoms with E-state index in [1.54, 1.807) is 7.11 Å². The monoisotopic (exact) mass is 382 g/mol. The maximum Gasteiger partial charge on any atom is 0.325 e. The van der Waals surface area contributed by atoms with Gasteiger partial charge in [-0.05, 0) is 51.0 Å². The fourth-order valence-corrected chi connectivity index (χ4v) is 3.38. The van der Waals surface area contributed by atoms with Crippen LogP contribution in [0.3, 0.4) is 0 Å². The smallest absolute Gasteiger partial charge is 0.325 e. The van der Waals surface area contributed by atoms with Gasteiger partial charge in [-0.15, -0.1) is 0 Å². The average molecular weight is 382 g/mol. The molecule has 0 spiro atoms. The normalized spacial score (nSPS) is 10.9. The quantitative estimate of drug-likeness (QED) is 0.609. The predicted molar refractivity (Wildman–Crippen MR) is 109 cm³/mol. The minimum Gasteiger partial charge on any atom is -0.497 e. The molecule has 0 aliphatic heterocycles. The zero-order chi connectivity index (χ0) is 20.4. The number of fused-ring (bicyclic) bond motifs is 1. The summed E-state index contributed by atoms with van der Waals surface area (Å²) >= 11 is 0. The maximum atomic E-state index is 11.9. The van der Waals surface area contributed by atoms with Gasteiger partial charge in [0.25, 0.3) is 0 Å². The number of hydrogen-bond acceptors (Lipinski definition) is 6. The Hall–Kier alpha value is -3.09. The number of methoxy groups -OCH3 is 2. The summed E-state index contributed by atoms with van der Waals surface area (Å²) in [5, 5.41) is 4.75. The molecule has 0 atom stereocenters. The first-order chi connectivity index (χ1) is 13.4. The standard InChI is InChI=1S/C21H26N4O3/c1-7-24(12-19(26)28-6)18-11-14(3)22-21-20(15(4)23-25(18)21)17-9-8-16(27-5)10-13(17)2/h8-11H,7,12H2,1-6H3. The number of hydrogen-bond donors (Lipinski definition) is 0. The lowest BCUT2D eigenvalue weighted by molar-refractivity contribution is -0.138. The van der Waals surface area contributed by atoms with E-state index in [0.717, 1.165) is 45.3 Å². The summed E-state index contributed by atoms with van der Waals surface area (Å²) in [6, 6.07) is 7.92. The number of carbonyl (C=O) groups excluding carboxylic acids is 1. The molecule has 0 bridgehead atoms. The number of carbonyl (C=O) groups is 1. The van der Waals surface area contributed by atoms with Crippen molar-refractivity contribution in [2.75, 3.05) is 32.2 Å². The molecule has 0 aliphatic carbocycles. The van der Waals surface area contributed by atoms with E-state index in [2.05, 4.69) is 0 Å². The summed E-state index contributed by atoms with van der Waals surface area (Å²) < 4.78 is 12.0. The lowest BCUT2D eigenvalue weighted by Crippen LogP contribution is -2.32. The second kappa shape index (κ2) is 7.88. The lowest BCUT2D eigenvalue weighted by atomic mass is 10.0. The third-order valence-corrected chi connectivity index (χ3v) is 4.83. The van der Waals surface area contributed by atoms with Crippen molar-refractivity contribution >= 4 is 17.4 Å². The summed E-state index contributed by atoms with van der Waals surface area (Å²) in [7, 11) is 3.05. The number of esters is 1. The van der Waals surface area contributed by atoms with Gasteiger partial charge in [0.05, 0.1) is 19.9 Å². The van der Waals surface area contributed by atoms with Crippen LogP contribution in [0.1, 0.15) is 23.9 Å². The Kier molecular flexibility index (Phi) is 5.53. The lowest BCUT2D eigenvalue weighted by Gasteiger charge is -2.22. The molecule has 0 N–H and O–H groups in total. The summed E-state index contributed by atoms with van der Waals surface area (Å²) in [6.07, 6.45) is 0. The van der Waals surface area contributed by atoms with Crippen molar-refractivity contribution in [3.05, 3.63) is 41.2 Å². The molecule has 3 rings (SSSR count). The van der Waals surface area contributed by atoms with Crippen molar-refractivity contribution < 1.29 is 14.3 Å².